The third-order valence-corrected chi connectivity index (χ3v) is 5.64. The molecule has 1 rings (SSSR count). The van der Waals surface area contributed by atoms with Gasteiger partial charge in [-0.15, -0.1) is 11.3 Å². The number of rotatable bonds is 7. The first-order chi connectivity index (χ1) is 8.12. The normalized spacial score (nSPS) is 13.3. The molecule has 1 aromatic rings. The summed E-state index contributed by atoms with van der Waals surface area (Å²) in [5.41, 5.74) is 1.36. The summed E-state index contributed by atoms with van der Waals surface area (Å²) in [5.74, 6) is 0.834. The van der Waals surface area contributed by atoms with Gasteiger partial charge >= 0.3 is 0 Å². The molecule has 0 radical (unpaired) electrons. The lowest BCUT2D eigenvalue weighted by molar-refractivity contribution is 0.379. The molecule has 0 aliphatic carbocycles. The van der Waals surface area contributed by atoms with Gasteiger partial charge in [0.1, 0.15) is 0 Å². The van der Waals surface area contributed by atoms with E-state index in [0.29, 0.717) is 6.04 Å². The second kappa shape index (κ2) is 7.55. The predicted octanol–water partition coefficient (Wildman–Crippen LogP) is 5.30. The molecule has 0 saturated heterocycles. The van der Waals surface area contributed by atoms with Crippen LogP contribution in [0.15, 0.2) is 9.85 Å². The fourth-order valence-electron chi connectivity index (χ4n) is 2.16. The highest BCUT2D eigenvalue weighted by molar-refractivity contribution is 9.11. The summed E-state index contributed by atoms with van der Waals surface area (Å²) in [6.07, 6.45) is 3.82. The van der Waals surface area contributed by atoms with E-state index in [9.17, 15) is 0 Å². The topological polar surface area (TPSA) is 12.0 Å². The first kappa shape index (κ1) is 15.2. The van der Waals surface area contributed by atoms with Gasteiger partial charge in [-0.1, -0.05) is 33.6 Å². The molecule has 0 fully saturated rings. The van der Waals surface area contributed by atoms with Crippen LogP contribution >= 0.6 is 27.3 Å². The van der Waals surface area contributed by atoms with E-state index in [1.165, 1.54) is 33.5 Å². The first-order valence-corrected chi connectivity index (χ1v) is 8.22. The van der Waals surface area contributed by atoms with Gasteiger partial charge in [-0.3, -0.25) is 0 Å². The third kappa shape index (κ3) is 4.38. The van der Waals surface area contributed by atoms with Gasteiger partial charge in [0, 0.05) is 10.9 Å². The van der Waals surface area contributed by atoms with Crippen LogP contribution in [0.1, 0.15) is 56.5 Å². The molecule has 1 heterocycles. The lowest BCUT2D eigenvalue weighted by atomic mass is 9.94. The van der Waals surface area contributed by atoms with Crippen molar-refractivity contribution in [1.82, 2.24) is 5.32 Å². The molecule has 0 bridgehead atoms. The molecule has 0 saturated carbocycles. The Kier molecular flexibility index (Phi) is 6.75. The third-order valence-electron chi connectivity index (χ3n) is 3.39. The minimum Gasteiger partial charge on any atom is -0.310 e. The van der Waals surface area contributed by atoms with Crippen molar-refractivity contribution < 1.29 is 0 Å². The van der Waals surface area contributed by atoms with Gasteiger partial charge in [0.2, 0.25) is 0 Å². The van der Waals surface area contributed by atoms with E-state index < -0.39 is 0 Å². The smallest absolute Gasteiger partial charge is 0.0731 e. The van der Waals surface area contributed by atoms with Crippen molar-refractivity contribution in [3.8, 4) is 0 Å². The number of nitrogens with one attached hydrogen (secondary N) is 1. The largest absolute Gasteiger partial charge is 0.310 e. The maximum Gasteiger partial charge on any atom is 0.0731 e. The molecule has 1 aromatic heterocycles. The maximum atomic E-state index is 3.63. The van der Waals surface area contributed by atoms with Gasteiger partial charge in [-0.2, -0.15) is 0 Å². The van der Waals surface area contributed by atoms with Gasteiger partial charge < -0.3 is 5.32 Å². The van der Waals surface area contributed by atoms with Crippen molar-refractivity contribution in [3.05, 3.63) is 20.3 Å². The van der Waals surface area contributed by atoms with Gasteiger partial charge in [-0.25, -0.2) is 0 Å². The van der Waals surface area contributed by atoms with Crippen LogP contribution in [0.3, 0.4) is 0 Å². The van der Waals surface area contributed by atoms with E-state index in [4.69, 9.17) is 0 Å². The average molecular weight is 318 g/mol. The molecular weight excluding hydrogens is 294 g/mol. The van der Waals surface area contributed by atoms with Gasteiger partial charge in [0.15, 0.2) is 0 Å². The standard InChI is InChI=1S/C14H24BrNS/c1-5-11(6-2)9-12(16-7-3)13-8-10(4)14(15)17-13/h8,11-12,16H,5-7,9H2,1-4H3. The number of aryl methyl sites for hydroxylation is 1. The molecule has 0 amide bonds. The Bertz CT molecular complexity index is 311. The van der Waals surface area contributed by atoms with Crippen LogP contribution in [-0.2, 0) is 0 Å². The minimum atomic E-state index is 0.528. The first-order valence-electron chi connectivity index (χ1n) is 6.61. The second-order valence-corrected chi connectivity index (χ2v) is 7.04. The Balaban J connectivity index is 2.77. The molecule has 1 unspecified atom stereocenters. The summed E-state index contributed by atoms with van der Waals surface area (Å²) >= 11 is 5.51. The highest BCUT2D eigenvalue weighted by Crippen LogP contribution is 2.34. The molecule has 0 spiro atoms. The zero-order valence-electron chi connectivity index (χ0n) is 11.3. The van der Waals surface area contributed by atoms with E-state index in [1.54, 1.807) is 0 Å². The number of halogens is 1. The zero-order chi connectivity index (χ0) is 12.8. The fraction of sp³-hybridized carbons (Fsp3) is 0.714. The molecule has 17 heavy (non-hydrogen) atoms. The van der Waals surface area contributed by atoms with E-state index in [2.05, 4.69) is 55.0 Å². The summed E-state index contributed by atoms with van der Waals surface area (Å²) in [6, 6.07) is 2.85. The fourth-order valence-corrected chi connectivity index (χ4v) is 3.82. The maximum absolute atomic E-state index is 3.63. The van der Waals surface area contributed by atoms with Crippen molar-refractivity contribution in [3.63, 3.8) is 0 Å². The Morgan fingerprint density at radius 2 is 1.94 bits per heavy atom. The SMILES string of the molecule is CCNC(CC(CC)CC)c1cc(C)c(Br)s1. The Morgan fingerprint density at radius 1 is 1.29 bits per heavy atom. The summed E-state index contributed by atoms with van der Waals surface area (Å²) < 4.78 is 1.28. The number of hydrogen-bond donors (Lipinski definition) is 1. The molecule has 0 aliphatic heterocycles. The van der Waals surface area contributed by atoms with Crippen LogP contribution in [0.2, 0.25) is 0 Å². The van der Waals surface area contributed by atoms with Crippen LogP contribution in [0.25, 0.3) is 0 Å². The monoisotopic (exact) mass is 317 g/mol. The summed E-state index contributed by atoms with van der Waals surface area (Å²) in [7, 11) is 0. The molecule has 1 nitrogen and oxygen atoms in total. The van der Waals surface area contributed by atoms with Crippen molar-refractivity contribution in [2.45, 2.75) is 53.0 Å². The van der Waals surface area contributed by atoms with E-state index in [0.717, 1.165) is 12.5 Å². The van der Waals surface area contributed by atoms with E-state index in [-0.39, 0.29) is 0 Å². The van der Waals surface area contributed by atoms with Crippen molar-refractivity contribution >= 4 is 27.3 Å². The van der Waals surface area contributed by atoms with Crippen LogP contribution in [0.5, 0.6) is 0 Å². The second-order valence-electron chi connectivity index (χ2n) is 4.63. The molecule has 0 aliphatic rings. The lowest BCUT2D eigenvalue weighted by Crippen LogP contribution is -2.22. The summed E-state index contributed by atoms with van der Waals surface area (Å²) in [6.45, 7) is 10.00. The quantitative estimate of drug-likeness (QED) is 0.720. The van der Waals surface area contributed by atoms with Gasteiger partial charge in [0.05, 0.1) is 3.79 Å². The number of hydrogen-bond acceptors (Lipinski definition) is 2. The van der Waals surface area contributed by atoms with E-state index >= 15 is 0 Å². The van der Waals surface area contributed by atoms with Gasteiger partial charge in [0.25, 0.3) is 0 Å². The highest BCUT2D eigenvalue weighted by Gasteiger charge is 2.17. The molecule has 1 atom stereocenters. The lowest BCUT2D eigenvalue weighted by Gasteiger charge is -2.21. The van der Waals surface area contributed by atoms with Crippen LogP contribution in [-0.4, -0.2) is 6.54 Å². The number of thiophene rings is 1. The molecule has 1 N–H and O–H groups in total. The van der Waals surface area contributed by atoms with Gasteiger partial charge in [-0.05, 0) is 53.4 Å². The molecule has 0 aromatic carbocycles. The Morgan fingerprint density at radius 3 is 2.35 bits per heavy atom. The van der Waals surface area contributed by atoms with Crippen molar-refractivity contribution in [2.24, 2.45) is 5.92 Å². The van der Waals surface area contributed by atoms with E-state index in [1.807, 2.05) is 11.3 Å². The molecule has 3 heteroatoms. The molecular formula is C14H24BrNS. The van der Waals surface area contributed by atoms with Crippen LogP contribution in [0, 0.1) is 12.8 Å². The van der Waals surface area contributed by atoms with Crippen LogP contribution < -0.4 is 5.32 Å². The minimum absolute atomic E-state index is 0.528. The predicted molar refractivity (Wildman–Crippen MR) is 81.9 cm³/mol. The van der Waals surface area contributed by atoms with Crippen LogP contribution in [0.4, 0.5) is 0 Å². The molecule has 98 valence electrons. The summed E-state index contributed by atoms with van der Waals surface area (Å²) in [4.78, 5) is 1.48. The Hall–Kier alpha value is 0.140. The van der Waals surface area contributed by atoms with Crippen molar-refractivity contribution in [2.75, 3.05) is 6.54 Å². The average Bonchev–Trinajstić information content (AvgIpc) is 2.65. The highest BCUT2D eigenvalue weighted by atomic mass is 79.9. The van der Waals surface area contributed by atoms with Crippen molar-refractivity contribution in [1.29, 1.82) is 0 Å². The zero-order valence-corrected chi connectivity index (χ0v) is 13.7. The Labute approximate surface area is 118 Å². The summed E-state index contributed by atoms with van der Waals surface area (Å²) in [5, 5.41) is 3.63.